The third-order valence-electron chi connectivity index (χ3n) is 0.564. The zero-order valence-corrected chi connectivity index (χ0v) is 5.90. The Hall–Kier alpha value is -0.770. The minimum atomic E-state index is -0.647. The van der Waals surface area contributed by atoms with Crippen molar-refractivity contribution in [2.75, 3.05) is 14.2 Å². The van der Waals surface area contributed by atoms with Gasteiger partial charge in [0.1, 0.15) is 0 Å². The summed E-state index contributed by atoms with van der Waals surface area (Å²) < 4.78 is 4.22. The third kappa shape index (κ3) is 2.92. The van der Waals surface area contributed by atoms with E-state index in [1.165, 1.54) is 14.2 Å². The first-order chi connectivity index (χ1) is 4.22. The number of hydrazone groups is 1. The van der Waals surface area contributed by atoms with Crippen LogP contribution in [0, 0.1) is 0 Å². The van der Waals surface area contributed by atoms with Crippen LogP contribution in [0.1, 0.15) is 0 Å². The first-order valence-corrected chi connectivity index (χ1v) is 2.58. The van der Waals surface area contributed by atoms with E-state index in [0.717, 1.165) is 0 Å². The molecule has 0 aliphatic heterocycles. The van der Waals surface area contributed by atoms with Gasteiger partial charge < -0.3 is 10.2 Å². The maximum atomic E-state index is 10.4. The summed E-state index contributed by atoms with van der Waals surface area (Å²) in [7, 11) is 2.77. The highest BCUT2D eigenvalue weighted by Crippen LogP contribution is 1.85. The topological polar surface area (TPSA) is 50.7 Å². The van der Waals surface area contributed by atoms with Crippen LogP contribution in [-0.4, -0.2) is 25.3 Å². The van der Waals surface area contributed by atoms with Crippen LogP contribution in [0.25, 0.3) is 0 Å². The van der Waals surface area contributed by atoms with Crippen LogP contribution in [0.2, 0.25) is 0 Å². The molecule has 0 radical (unpaired) electrons. The molecule has 4 nitrogen and oxygen atoms in total. The molecule has 0 fully saturated rings. The van der Waals surface area contributed by atoms with Crippen molar-refractivity contribution in [3.63, 3.8) is 0 Å². The second-order valence-electron chi connectivity index (χ2n) is 1.12. The van der Waals surface area contributed by atoms with Gasteiger partial charge in [-0.1, -0.05) is 11.6 Å². The molecule has 0 saturated heterocycles. The summed E-state index contributed by atoms with van der Waals surface area (Å²) in [5, 5.41) is 3.14. The lowest BCUT2D eigenvalue weighted by Gasteiger charge is -1.92. The van der Waals surface area contributed by atoms with Gasteiger partial charge in [0.15, 0.2) is 0 Å². The fraction of sp³-hybridized carbons (Fsp3) is 0.500. The molecule has 0 aliphatic rings. The van der Waals surface area contributed by atoms with Gasteiger partial charge in [-0.25, -0.2) is 4.79 Å². The average molecular weight is 151 g/mol. The molecule has 1 N–H and O–H groups in total. The molecule has 9 heavy (non-hydrogen) atoms. The van der Waals surface area contributed by atoms with E-state index >= 15 is 0 Å². The van der Waals surface area contributed by atoms with E-state index in [2.05, 4.69) is 15.3 Å². The zero-order valence-electron chi connectivity index (χ0n) is 5.14. The van der Waals surface area contributed by atoms with Crippen molar-refractivity contribution in [2.24, 2.45) is 5.10 Å². The zero-order chi connectivity index (χ0) is 7.28. The van der Waals surface area contributed by atoms with Gasteiger partial charge in [-0.2, -0.15) is 5.10 Å². The number of hydrogen-bond acceptors (Lipinski definition) is 4. The van der Waals surface area contributed by atoms with Gasteiger partial charge in [-0.3, -0.25) is 0 Å². The maximum Gasteiger partial charge on any atom is 0.370 e. The van der Waals surface area contributed by atoms with Crippen LogP contribution in [0.15, 0.2) is 5.10 Å². The number of halogens is 1. The minimum Gasteiger partial charge on any atom is -0.464 e. The van der Waals surface area contributed by atoms with Crippen molar-refractivity contribution in [3.8, 4) is 0 Å². The molecule has 52 valence electrons. The minimum absolute atomic E-state index is 0.208. The highest BCUT2D eigenvalue weighted by Gasteiger charge is 2.05. The van der Waals surface area contributed by atoms with Crippen molar-refractivity contribution < 1.29 is 9.53 Å². The largest absolute Gasteiger partial charge is 0.464 e. The highest BCUT2D eigenvalue weighted by atomic mass is 35.5. The van der Waals surface area contributed by atoms with E-state index in [4.69, 9.17) is 11.6 Å². The van der Waals surface area contributed by atoms with Gasteiger partial charge in [0.05, 0.1) is 7.11 Å². The van der Waals surface area contributed by atoms with Crippen molar-refractivity contribution in [3.05, 3.63) is 0 Å². The van der Waals surface area contributed by atoms with Gasteiger partial charge >= 0.3 is 5.97 Å². The summed E-state index contributed by atoms with van der Waals surface area (Å²) in [5.74, 6) is -0.647. The first-order valence-electron chi connectivity index (χ1n) is 2.20. The lowest BCUT2D eigenvalue weighted by Crippen LogP contribution is -2.12. The molecule has 0 rings (SSSR count). The summed E-state index contributed by atoms with van der Waals surface area (Å²) in [4.78, 5) is 10.4. The van der Waals surface area contributed by atoms with E-state index in [-0.39, 0.29) is 5.17 Å². The number of rotatable bonds is 2. The van der Waals surface area contributed by atoms with Gasteiger partial charge in [-0.05, 0) is 0 Å². The van der Waals surface area contributed by atoms with E-state index in [9.17, 15) is 4.79 Å². The average Bonchev–Trinajstić information content (AvgIpc) is 1.87. The molecule has 0 atom stereocenters. The standard InChI is InChI=1S/C4H7ClN2O2/c1-6-7-3(5)4(8)9-2/h6H,1-2H3/b7-3-. The monoisotopic (exact) mass is 150 g/mol. The van der Waals surface area contributed by atoms with Crippen LogP contribution in [0.4, 0.5) is 0 Å². The lowest BCUT2D eigenvalue weighted by molar-refractivity contribution is -0.132. The van der Waals surface area contributed by atoms with Crippen LogP contribution < -0.4 is 5.43 Å². The van der Waals surface area contributed by atoms with Gasteiger partial charge in [0.25, 0.3) is 0 Å². The summed E-state index contributed by atoms with van der Waals surface area (Å²) in [6.45, 7) is 0. The van der Waals surface area contributed by atoms with E-state index < -0.39 is 5.97 Å². The highest BCUT2D eigenvalue weighted by molar-refractivity contribution is 6.81. The Balaban J connectivity index is 3.86. The number of carbonyl (C=O) groups is 1. The van der Waals surface area contributed by atoms with Crippen molar-refractivity contribution >= 4 is 22.7 Å². The number of esters is 1. The van der Waals surface area contributed by atoms with Crippen LogP contribution in [0.3, 0.4) is 0 Å². The predicted molar refractivity (Wildman–Crippen MR) is 34.4 cm³/mol. The number of hydrogen-bond donors (Lipinski definition) is 1. The SMILES string of the molecule is CN/N=C(\Cl)C(=O)OC. The van der Waals surface area contributed by atoms with E-state index in [1.807, 2.05) is 0 Å². The molecule has 5 heteroatoms. The molecular weight excluding hydrogens is 144 g/mol. The third-order valence-corrected chi connectivity index (χ3v) is 0.803. The number of carbonyl (C=O) groups excluding carboxylic acids is 1. The molecule has 0 amide bonds. The summed E-state index contributed by atoms with van der Waals surface area (Å²) in [6.07, 6.45) is 0. The van der Waals surface area contributed by atoms with Crippen LogP contribution in [-0.2, 0) is 9.53 Å². The smallest absolute Gasteiger partial charge is 0.370 e. The molecule has 0 aromatic rings. The number of ether oxygens (including phenoxy) is 1. The Morgan fingerprint density at radius 1 is 1.78 bits per heavy atom. The van der Waals surface area contributed by atoms with Crippen molar-refractivity contribution in [1.29, 1.82) is 0 Å². The van der Waals surface area contributed by atoms with Gasteiger partial charge in [0.2, 0.25) is 5.17 Å². The fourth-order valence-electron chi connectivity index (χ4n) is 0.228. The van der Waals surface area contributed by atoms with E-state index in [0.29, 0.717) is 0 Å². The lowest BCUT2D eigenvalue weighted by atomic mass is 10.7. The number of nitrogens with zero attached hydrogens (tertiary/aromatic N) is 1. The van der Waals surface area contributed by atoms with Gasteiger partial charge in [-0.15, -0.1) is 0 Å². The quantitative estimate of drug-likeness (QED) is 0.341. The number of methoxy groups -OCH3 is 1. The summed E-state index contributed by atoms with van der Waals surface area (Å²) in [5.41, 5.74) is 2.34. The van der Waals surface area contributed by atoms with Crippen molar-refractivity contribution in [1.82, 2.24) is 5.43 Å². The van der Waals surface area contributed by atoms with E-state index in [1.54, 1.807) is 0 Å². The molecule has 0 aromatic heterocycles. The molecule has 0 spiro atoms. The maximum absolute atomic E-state index is 10.4. The van der Waals surface area contributed by atoms with Gasteiger partial charge in [0, 0.05) is 7.05 Å². The van der Waals surface area contributed by atoms with Crippen LogP contribution >= 0.6 is 11.6 Å². The molecule has 0 saturated carbocycles. The molecule has 0 aromatic carbocycles. The molecule has 0 unspecified atom stereocenters. The Bertz CT molecular complexity index is 135. The Labute approximate surface area is 57.8 Å². The fourth-order valence-corrected chi connectivity index (χ4v) is 0.390. The summed E-state index contributed by atoms with van der Waals surface area (Å²) >= 11 is 5.24. The number of nitrogens with one attached hydrogen (secondary N) is 1. The Kier molecular flexibility index (Phi) is 3.79. The predicted octanol–water partition coefficient (Wildman–Crippen LogP) is -0.0689. The molecule has 0 bridgehead atoms. The normalized spacial score (nSPS) is 10.8. The Morgan fingerprint density at radius 3 is 2.67 bits per heavy atom. The summed E-state index contributed by atoms with van der Waals surface area (Å²) in [6, 6.07) is 0. The molecular formula is C4H7ClN2O2. The Morgan fingerprint density at radius 2 is 2.33 bits per heavy atom. The van der Waals surface area contributed by atoms with Crippen LogP contribution in [0.5, 0.6) is 0 Å². The molecule has 0 aliphatic carbocycles. The second kappa shape index (κ2) is 4.14. The first kappa shape index (κ1) is 8.23. The molecule has 0 heterocycles. The second-order valence-corrected chi connectivity index (χ2v) is 1.48. The van der Waals surface area contributed by atoms with Crippen molar-refractivity contribution in [2.45, 2.75) is 0 Å².